The van der Waals surface area contributed by atoms with Gasteiger partial charge in [0.2, 0.25) is 0 Å². The van der Waals surface area contributed by atoms with Gasteiger partial charge in [0.05, 0.1) is 0 Å². The molecule has 1 saturated carbocycles. The average molecular weight is 254 g/mol. The van der Waals surface area contributed by atoms with Gasteiger partial charge in [-0.1, -0.05) is 12.8 Å². The molecule has 1 aliphatic carbocycles. The van der Waals surface area contributed by atoms with Gasteiger partial charge in [0, 0.05) is 13.0 Å². The molecule has 3 nitrogen and oxygen atoms in total. The molecule has 1 aliphatic rings. The van der Waals surface area contributed by atoms with Gasteiger partial charge in [0.15, 0.2) is 5.69 Å². The standard InChI is InChI=1S/C10H12BrN3/c1-14-8(6-12)9(11)13-10(14)7-4-2-3-5-7/h7H,2-5H2,1H3. The Morgan fingerprint density at radius 1 is 1.50 bits per heavy atom. The molecule has 1 heterocycles. The number of hydrogen-bond donors (Lipinski definition) is 0. The van der Waals surface area contributed by atoms with Gasteiger partial charge in [-0.25, -0.2) is 4.98 Å². The Hall–Kier alpha value is -0.820. The van der Waals surface area contributed by atoms with Gasteiger partial charge in [-0.2, -0.15) is 5.26 Å². The van der Waals surface area contributed by atoms with Crippen molar-refractivity contribution in [3.05, 3.63) is 16.1 Å². The Morgan fingerprint density at radius 2 is 2.14 bits per heavy atom. The third kappa shape index (κ3) is 1.46. The summed E-state index contributed by atoms with van der Waals surface area (Å²) >= 11 is 3.32. The Morgan fingerprint density at radius 3 is 2.64 bits per heavy atom. The van der Waals surface area contributed by atoms with Crippen LogP contribution in [0.25, 0.3) is 0 Å². The fourth-order valence-corrected chi connectivity index (χ4v) is 2.69. The molecule has 2 rings (SSSR count). The third-order valence-electron chi connectivity index (χ3n) is 2.91. The van der Waals surface area contributed by atoms with Crippen molar-refractivity contribution < 1.29 is 0 Å². The van der Waals surface area contributed by atoms with Crippen LogP contribution in [-0.2, 0) is 7.05 Å². The molecule has 0 bridgehead atoms. The predicted molar refractivity (Wildman–Crippen MR) is 56.8 cm³/mol. The molecule has 1 aromatic heterocycles. The second-order valence-corrected chi connectivity index (χ2v) is 4.51. The fraction of sp³-hybridized carbons (Fsp3) is 0.600. The number of nitriles is 1. The summed E-state index contributed by atoms with van der Waals surface area (Å²) in [6.45, 7) is 0. The lowest BCUT2D eigenvalue weighted by atomic mass is 10.1. The van der Waals surface area contributed by atoms with Crippen molar-refractivity contribution in [1.29, 1.82) is 5.26 Å². The smallest absolute Gasteiger partial charge is 0.154 e. The molecule has 0 unspecified atom stereocenters. The topological polar surface area (TPSA) is 41.6 Å². The zero-order valence-corrected chi connectivity index (χ0v) is 9.71. The maximum Gasteiger partial charge on any atom is 0.154 e. The van der Waals surface area contributed by atoms with Crippen LogP contribution in [0.5, 0.6) is 0 Å². The lowest BCUT2D eigenvalue weighted by Crippen LogP contribution is -2.03. The molecule has 0 aromatic carbocycles. The highest BCUT2D eigenvalue weighted by Gasteiger charge is 2.23. The highest BCUT2D eigenvalue weighted by Crippen LogP contribution is 2.34. The minimum atomic E-state index is 0.554. The lowest BCUT2D eigenvalue weighted by Gasteiger charge is -2.08. The van der Waals surface area contributed by atoms with E-state index in [0.717, 1.165) is 5.82 Å². The van der Waals surface area contributed by atoms with Crippen molar-refractivity contribution >= 4 is 15.9 Å². The van der Waals surface area contributed by atoms with Crippen LogP contribution < -0.4 is 0 Å². The molecule has 0 atom stereocenters. The summed E-state index contributed by atoms with van der Waals surface area (Å²) in [7, 11) is 1.92. The monoisotopic (exact) mass is 253 g/mol. The van der Waals surface area contributed by atoms with Gasteiger partial charge in [-0.05, 0) is 28.8 Å². The molecule has 74 valence electrons. The van der Waals surface area contributed by atoms with Gasteiger partial charge in [-0.15, -0.1) is 0 Å². The van der Waals surface area contributed by atoms with Gasteiger partial charge >= 0.3 is 0 Å². The van der Waals surface area contributed by atoms with E-state index in [-0.39, 0.29) is 0 Å². The van der Waals surface area contributed by atoms with Crippen molar-refractivity contribution in [1.82, 2.24) is 9.55 Å². The molecule has 0 aliphatic heterocycles. The van der Waals surface area contributed by atoms with E-state index in [1.807, 2.05) is 11.6 Å². The fourth-order valence-electron chi connectivity index (χ4n) is 2.15. The number of nitrogens with zero attached hydrogens (tertiary/aromatic N) is 3. The second-order valence-electron chi connectivity index (χ2n) is 3.76. The van der Waals surface area contributed by atoms with E-state index in [0.29, 0.717) is 16.2 Å². The van der Waals surface area contributed by atoms with Crippen molar-refractivity contribution in [3.8, 4) is 6.07 Å². The van der Waals surface area contributed by atoms with Crippen LogP contribution in [0.2, 0.25) is 0 Å². The first-order valence-corrected chi connectivity index (χ1v) is 5.65. The van der Waals surface area contributed by atoms with Gasteiger partial charge in [-0.3, -0.25) is 0 Å². The molecule has 14 heavy (non-hydrogen) atoms. The van der Waals surface area contributed by atoms with E-state index < -0.39 is 0 Å². The van der Waals surface area contributed by atoms with E-state index in [2.05, 4.69) is 27.0 Å². The summed E-state index contributed by atoms with van der Waals surface area (Å²) < 4.78 is 2.60. The van der Waals surface area contributed by atoms with E-state index >= 15 is 0 Å². The summed E-state index contributed by atoms with van der Waals surface area (Å²) in [5.74, 6) is 1.62. The zero-order chi connectivity index (χ0) is 10.1. The molecule has 1 fully saturated rings. The molecule has 0 spiro atoms. The van der Waals surface area contributed by atoms with Gasteiger partial charge in [0.1, 0.15) is 16.5 Å². The Labute approximate surface area is 91.9 Å². The minimum absolute atomic E-state index is 0.554. The molecule has 1 aromatic rings. The summed E-state index contributed by atoms with van der Waals surface area (Å²) in [4.78, 5) is 4.42. The molecule has 0 radical (unpaired) electrons. The average Bonchev–Trinajstić information content (AvgIpc) is 2.74. The first-order valence-electron chi connectivity index (χ1n) is 4.86. The zero-order valence-electron chi connectivity index (χ0n) is 8.13. The van der Waals surface area contributed by atoms with E-state index in [1.54, 1.807) is 0 Å². The number of rotatable bonds is 1. The molecular weight excluding hydrogens is 242 g/mol. The minimum Gasteiger partial charge on any atom is -0.322 e. The molecule has 4 heteroatoms. The first-order chi connectivity index (χ1) is 6.74. The van der Waals surface area contributed by atoms with Crippen LogP contribution in [0.3, 0.4) is 0 Å². The summed E-state index contributed by atoms with van der Waals surface area (Å²) in [5, 5.41) is 8.91. The first kappa shape index (κ1) is 9.72. The largest absolute Gasteiger partial charge is 0.322 e. The summed E-state index contributed by atoms with van der Waals surface area (Å²) in [5.41, 5.74) is 0.631. The number of imidazole rings is 1. The number of halogens is 1. The van der Waals surface area contributed by atoms with Crippen LogP contribution in [-0.4, -0.2) is 9.55 Å². The SMILES string of the molecule is Cn1c(C2CCCC2)nc(Br)c1C#N. The number of hydrogen-bond acceptors (Lipinski definition) is 2. The maximum absolute atomic E-state index is 8.91. The quantitative estimate of drug-likeness (QED) is 0.773. The van der Waals surface area contributed by atoms with Crippen molar-refractivity contribution in [2.75, 3.05) is 0 Å². The Balaban J connectivity index is 2.39. The van der Waals surface area contributed by atoms with Gasteiger partial charge in [0.25, 0.3) is 0 Å². The van der Waals surface area contributed by atoms with E-state index in [4.69, 9.17) is 5.26 Å². The normalized spacial score (nSPS) is 17.2. The van der Waals surface area contributed by atoms with Crippen LogP contribution in [0.1, 0.15) is 43.1 Å². The second kappa shape index (κ2) is 3.74. The van der Waals surface area contributed by atoms with Crippen LogP contribution in [0.4, 0.5) is 0 Å². The molecule has 0 saturated heterocycles. The van der Waals surface area contributed by atoms with Crippen molar-refractivity contribution in [2.45, 2.75) is 31.6 Å². The highest BCUT2D eigenvalue weighted by atomic mass is 79.9. The summed E-state index contributed by atoms with van der Waals surface area (Å²) in [6.07, 6.45) is 5.00. The highest BCUT2D eigenvalue weighted by molar-refractivity contribution is 9.10. The Kier molecular flexibility index (Phi) is 2.60. The van der Waals surface area contributed by atoms with Crippen molar-refractivity contribution in [2.24, 2.45) is 7.05 Å². The molecule has 0 N–H and O–H groups in total. The summed E-state index contributed by atoms with van der Waals surface area (Å²) in [6, 6.07) is 2.16. The van der Waals surface area contributed by atoms with Gasteiger partial charge < -0.3 is 4.57 Å². The molecular formula is C10H12BrN3. The Bertz CT molecular complexity index is 383. The predicted octanol–water partition coefficient (Wildman–Crippen LogP) is 2.71. The number of aromatic nitrogens is 2. The van der Waals surface area contributed by atoms with Crippen LogP contribution >= 0.6 is 15.9 Å². The lowest BCUT2D eigenvalue weighted by molar-refractivity contribution is 0.630. The third-order valence-corrected chi connectivity index (χ3v) is 3.47. The van der Waals surface area contributed by atoms with Crippen LogP contribution in [0, 0.1) is 11.3 Å². The molecule has 0 amide bonds. The van der Waals surface area contributed by atoms with Crippen LogP contribution in [0.15, 0.2) is 4.60 Å². The van der Waals surface area contributed by atoms with Crippen molar-refractivity contribution in [3.63, 3.8) is 0 Å². The maximum atomic E-state index is 8.91. The van der Waals surface area contributed by atoms with E-state index in [1.165, 1.54) is 25.7 Å². The van der Waals surface area contributed by atoms with E-state index in [9.17, 15) is 0 Å².